The lowest BCUT2D eigenvalue weighted by molar-refractivity contribution is -0.0265. The van der Waals surface area contributed by atoms with Crippen molar-refractivity contribution in [2.45, 2.75) is 24.9 Å². The summed E-state index contributed by atoms with van der Waals surface area (Å²) in [5, 5.41) is 16.5. The average Bonchev–Trinajstić information content (AvgIpc) is 2.78. The van der Waals surface area contributed by atoms with Crippen molar-refractivity contribution in [1.82, 2.24) is 10.6 Å². The quantitative estimate of drug-likeness (QED) is 0.303. The van der Waals surface area contributed by atoms with Gasteiger partial charge in [0.2, 0.25) is 0 Å². The van der Waals surface area contributed by atoms with Crippen LogP contribution in [0.25, 0.3) is 0 Å². The number of aliphatic hydroxyl groups excluding tert-OH is 1. The molecule has 1 fully saturated rings. The molecule has 0 aromatic heterocycles. The smallest absolute Gasteiger partial charge is 0.191 e. The van der Waals surface area contributed by atoms with Crippen LogP contribution in [0.1, 0.15) is 36.0 Å². The molecule has 1 aliphatic heterocycles. The van der Waals surface area contributed by atoms with Crippen LogP contribution >= 0.6 is 24.0 Å². The number of ether oxygens (including phenoxy) is 1. The number of hydrogen-bond donors (Lipinski definition) is 3. The van der Waals surface area contributed by atoms with Crippen molar-refractivity contribution >= 4 is 29.9 Å². The lowest BCUT2D eigenvalue weighted by atomic mass is 9.89. The Bertz CT molecular complexity index is 727. The molecule has 6 heteroatoms. The first-order chi connectivity index (χ1) is 13.8. The van der Waals surface area contributed by atoms with Gasteiger partial charge in [0.15, 0.2) is 5.96 Å². The monoisotopic (exact) mass is 509 g/mol. The van der Waals surface area contributed by atoms with Crippen molar-refractivity contribution in [3.05, 3.63) is 71.8 Å². The normalized spacial score (nSPS) is 20.4. The van der Waals surface area contributed by atoms with Crippen molar-refractivity contribution < 1.29 is 9.84 Å². The van der Waals surface area contributed by atoms with Crippen LogP contribution in [0, 0.1) is 5.92 Å². The van der Waals surface area contributed by atoms with Crippen LogP contribution in [0.15, 0.2) is 65.7 Å². The molecule has 0 spiro atoms. The summed E-state index contributed by atoms with van der Waals surface area (Å²) in [6.45, 7) is 2.34. The third kappa shape index (κ3) is 6.97. The van der Waals surface area contributed by atoms with Crippen LogP contribution < -0.4 is 10.6 Å². The Morgan fingerprint density at radius 3 is 2.45 bits per heavy atom. The fraction of sp³-hybridized carbons (Fsp3) is 0.435. The number of guanidine groups is 1. The molecule has 1 aliphatic rings. The summed E-state index contributed by atoms with van der Waals surface area (Å²) < 4.78 is 6.08. The summed E-state index contributed by atoms with van der Waals surface area (Å²) in [4.78, 5) is 4.34. The van der Waals surface area contributed by atoms with E-state index in [0.717, 1.165) is 37.5 Å². The van der Waals surface area contributed by atoms with Crippen LogP contribution in [-0.4, -0.2) is 44.4 Å². The SMILES string of the molecule is CN=C(NCC(CO)c1ccccc1)NCC1CCCOC1c1ccccc1.I. The van der Waals surface area contributed by atoms with Gasteiger partial charge in [-0.3, -0.25) is 4.99 Å². The third-order valence-corrected chi connectivity index (χ3v) is 5.34. The standard InChI is InChI=1S/C23H31N3O2.HI/c1-24-23(26-16-21(17-27)18-9-4-2-5-10-18)25-15-20-13-8-14-28-22(20)19-11-6-3-7-12-19;/h2-7,9-12,20-22,27H,8,13-17H2,1H3,(H2,24,25,26);1H. The maximum Gasteiger partial charge on any atom is 0.191 e. The Labute approximate surface area is 191 Å². The molecule has 0 amide bonds. The molecule has 158 valence electrons. The van der Waals surface area contributed by atoms with E-state index >= 15 is 0 Å². The van der Waals surface area contributed by atoms with Gasteiger partial charge in [0.05, 0.1) is 12.7 Å². The summed E-state index contributed by atoms with van der Waals surface area (Å²) in [5.41, 5.74) is 2.36. The van der Waals surface area contributed by atoms with Gasteiger partial charge < -0.3 is 20.5 Å². The molecule has 0 radical (unpaired) electrons. The molecule has 0 aliphatic carbocycles. The largest absolute Gasteiger partial charge is 0.396 e. The van der Waals surface area contributed by atoms with Gasteiger partial charge in [0.25, 0.3) is 0 Å². The van der Waals surface area contributed by atoms with Gasteiger partial charge in [-0.1, -0.05) is 60.7 Å². The summed E-state index contributed by atoms with van der Waals surface area (Å²) in [7, 11) is 1.78. The zero-order valence-corrected chi connectivity index (χ0v) is 19.3. The summed E-state index contributed by atoms with van der Waals surface area (Å²) in [5.74, 6) is 1.19. The summed E-state index contributed by atoms with van der Waals surface area (Å²) in [6, 6.07) is 20.5. The number of rotatable bonds is 7. The van der Waals surface area contributed by atoms with Crippen LogP contribution in [0.2, 0.25) is 0 Å². The molecule has 0 saturated carbocycles. The van der Waals surface area contributed by atoms with Crippen molar-refractivity contribution in [2.24, 2.45) is 10.9 Å². The first kappa shape index (κ1) is 23.6. The van der Waals surface area contributed by atoms with E-state index in [0.29, 0.717) is 12.5 Å². The van der Waals surface area contributed by atoms with Crippen molar-refractivity contribution in [3.63, 3.8) is 0 Å². The maximum absolute atomic E-state index is 9.74. The molecule has 3 unspecified atom stereocenters. The molecular weight excluding hydrogens is 477 g/mol. The summed E-state index contributed by atoms with van der Waals surface area (Å²) in [6.07, 6.45) is 2.34. The predicted molar refractivity (Wildman–Crippen MR) is 129 cm³/mol. The molecule has 1 saturated heterocycles. The van der Waals surface area contributed by atoms with Gasteiger partial charge in [-0.25, -0.2) is 0 Å². The van der Waals surface area contributed by atoms with Crippen molar-refractivity contribution in [2.75, 3.05) is 33.4 Å². The second-order valence-electron chi connectivity index (χ2n) is 7.23. The molecule has 1 heterocycles. The van der Waals surface area contributed by atoms with Gasteiger partial charge in [-0.05, 0) is 24.0 Å². The topological polar surface area (TPSA) is 65.9 Å². The highest BCUT2D eigenvalue weighted by Crippen LogP contribution is 2.33. The Balaban J connectivity index is 0.00000300. The lowest BCUT2D eigenvalue weighted by Gasteiger charge is -2.32. The number of aliphatic imine (C=N–C) groups is 1. The molecule has 0 bridgehead atoms. The Morgan fingerprint density at radius 2 is 1.79 bits per heavy atom. The molecule has 2 aromatic carbocycles. The van der Waals surface area contributed by atoms with Crippen LogP contribution in [0.3, 0.4) is 0 Å². The molecular formula is C23H32IN3O2. The van der Waals surface area contributed by atoms with Gasteiger partial charge in [0, 0.05) is 38.6 Å². The van der Waals surface area contributed by atoms with E-state index in [-0.39, 0.29) is 42.6 Å². The van der Waals surface area contributed by atoms with E-state index in [1.54, 1.807) is 7.05 Å². The number of nitrogens with one attached hydrogen (secondary N) is 2. The van der Waals surface area contributed by atoms with Gasteiger partial charge in [0.1, 0.15) is 0 Å². The zero-order chi connectivity index (χ0) is 19.6. The zero-order valence-electron chi connectivity index (χ0n) is 17.0. The Hall–Kier alpha value is -1.64. The molecule has 3 rings (SSSR count). The lowest BCUT2D eigenvalue weighted by Crippen LogP contribution is -2.43. The van der Waals surface area contributed by atoms with Gasteiger partial charge in [-0.2, -0.15) is 0 Å². The second-order valence-corrected chi connectivity index (χ2v) is 7.23. The number of hydrogen-bond acceptors (Lipinski definition) is 3. The molecule has 3 atom stereocenters. The van der Waals surface area contributed by atoms with Gasteiger partial charge in [-0.15, -0.1) is 24.0 Å². The van der Waals surface area contributed by atoms with Crippen molar-refractivity contribution in [3.8, 4) is 0 Å². The van der Waals surface area contributed by atoms with E-state index in [9.17, 15) is 5.11 Å². The number of halogens is 1. The van der Waals surface area contributed by atoms with E-state index < -0.39 is 0 Å². The van der Waals surface area contributed by atoms with E-state index in [2.05, 4.69) is 39.9 Å². The predicted octanol–water partition coefficient (Wildman–Crippen LogP) is 3.71. The molecule has 2 aromatic rings. The van der Waals surface area contributed by atoms with E-state index in [4.69, 9.17) is 4.74 Å². The fourth-order valence-electron chi connectivity index (χ4n) is 3.74. The fourth-order valence-corrected chi connectivity index (χ4v) is 3.74. The van der Waals surface area contributed by atoms with E-state index in [1.165, 1.54) is 5.56 Å². The first-order valence-electron chi connectivity index (χ1n) is 10.1. The van der Waals surface area contributed by atoms with E-state index in [1.807, 2.05) is 36.4 Å². The average molecular weight is 509 g/mol. The second kappa shape index (κ2) is 12.8. The number of nitrogens with zero attached hydrogens (tertiary/aromatic N) is 1. The highest BCUT2D eigenvalue weighted by atomic mass is 127. The highest BCUT2D eigenvalue weighted by Gasteiger charge is 2.27. The molecule has 3 N–H and O–H groups in total. The van der Waals surface area contributed by atoms with Crippen LogP contribution in [0.4, 0.5) is 0 Å². The van der Waals surface area contributed by atoms with Gasteiger partial charge >= 0.3 is 0 Å². The molecule has 29 heavy (non-hydrogen) atoms. The van der Waals surface area contributed by atoms with Crippen LogP contribution in [0.5, 0.6) is 0 Å². The first-order valence-corrected chi connectivity index (χ1v) is 10.1. The van der Waals surface area contributed by atoms with Crippen LogP contribution in [-0.2, 0) is 4.74 Å². The Morgan fingerprint density at radius 1 is 1.10 bits per heavy atom. The third-order valence-electron chi connectivity index (χ3n) is 5.34. The van der Waals surface area contributed by atoms with Crippen molar-refractivity contribution in [1.29, 1.82) is 0 Å². The number of benzene rings is 2. The molecule has 5 nitrogen and oxygen atoms in total. The minimum Gasteiger partial charge on any atom is -0.396 e. The number of aliphatic hydroxyl groups is 1. The summed E-state index contributed by atoms with van der Waals surface area (Å²) >= 11 is 0. The minimum atomic E-state index is 0. The highest BCUT2D eigenvalue weighted by molar-refractivity contribution is 14.0. The Kier molecular flexibility index (Phi) is 10.5. The minimum absolute atomic E-state index is 0. The maximum atomic E-state index is 9.74.